The van der Waals surface area contributed by atoms with Gasteiger partial charge in [0.15, 0.2) is 0 Å². The molecule has 0 N–H and O–H groups in total. The van der Waals surface area contributed by atoms with E-state index in [1.165, 1.54) is 38.5 Å². The van der Waals surface area contributed by atoms with Crippen LogP contribution < -0.4 is 0 Å². The highest BCUT2D eigenvalue weighted by Gasteiger charge is 2.41. The van der Waals surface area contributed by atoms with Crippen molar-refractivity contribution < 1.29 is 0 Å². The van der Waals surface area contributed by atoms with Crippen LogP contribution in [0.15, 0.2) is 12.1 Å². The molecule has 0 atom stereocenters. The number of hydrogen-bond donors (Lipinski definition) is 0. The standard InChI is InChI=1S/C19H28/c1-13(2)15-7-8-16(14(3)4)18-12-19(11-17(15)18)9-5-6-10-19/h7-8,13-14H,5-6,9-12H2,1-4H3. The van der Waals surface area contributed by atoms with Crippen LogP contribution in [0.25, 0.3) is 0 Å². The van der Waals surface area contributed by atoms with Crippen molar-refractivity contribution in [2.75, 3.05) is 0 Å². The van der Waals surface area contributed by atoms with Crippen LogP contribution in [0.4, 0.5) is 0 Å². The summed E-state index contributed by atoms with van der Waals surface area (Å²) in [6.07, 6.45) is 8.60. The SMILES string of the molecule is CC(C)c1ccc(C(C)C)c2c1CC1(CCCC1)C2. The van der Waals surface area contributed by atoms with Gasteiger partial charge in [-0.2, -0.15) is 0 Å². The van der Waals surface area contributed by atoms with E-state index in [2.05, 4.69) is 39.8 Å². The van der Waals surface area contributed by atoms with E-state index in [9.17, 15) is 0 Å². The fourth-order valence-corrected chi connectivity index (χ4v) is 4.52. The molecule has 2 aliphatic carbocycles. The zero-order valence-electron chi connectivity index (χ0n) is 13.1. The lowest BCUT2D eigenvalue weighted by Gasteiger charge is -2.22. The van der Waals surface area contributed by atoms with Gasteiger partial charge >= 0.3 is 0 Å². The summed E-state index contributed by atoms with van der Waals surface area (Å²) < 4.78 is 0. The van der Waals surface area contributed by atoms with Crippen molar-refractivity contribution in [1.82, 2.24) is 0 Å². The van der Waals surface area contributed by atoms with Gasteiger partial charge in [-0.15, -0.1) is 0 Å². The lowest BCUT2D eigenvalue weighted by Crippen LogP contribution is -2.16. The molecular formula is C19H28. The van der Waals surface area contributed by atoms with Gasteiger partial charge in [-0.3, -0.25) is 0 Å². The van der Waals surface area contributed by atoms with Crippen molar-refractivity contribution in [3.63, 3.8) is 0 Å². The zero-order chi connectivity index (χ0) is 13.6. The molecule has 1 spiro atoms. The molecule has 19 heavy (non-hydrogen) atoms. The molecule has 3 rings (SSSR count). The van der Waals surface area contributed by atoms with Crippen LogP contribution in [0.2, 0.25) is 0 Å². The van der Waals surface area contributed by atoms with E-state index in [0.29, 0.717) is 17.3 Å². The molecule has 1 saturated carbocycles. The van der Waals surface area contributed by atoms with Crippen molar-refractivity contribution in [3.8, 4) is 0 Å². The summed E-state index contributed by atoms with van der Waals surface area (Å²) in [5, 5.41) is 0. The van der Waals surface area contributed by atoms with Crippen molar-refractivity contribution in [1.29, 1.82) is 0 Å². The summed E-state index contributed by atoms with van der Waals surface area (Å²) in [4.78, 5) is 0. The number of rotatable bonds is 2. The monoisotopic (exact) mass is 256 g/mol. The Morgan fingerprint density at radius 2 is 1.21 bits per heavy atom. The molecule has 2 aliphatic rings. The minimum atomic E-state index is 0.650. The Labute approximate surface area is 118 Å². The first-order valence-corrected chi connectivity index (χ1v) is 8.17. The first kappa shape index (κ1) is 13.2. The Balaban J connectivity index is 2.08. The summed E-state index contributed by atoms with van der Waals surface area (Å²) in [7, 11) is 0. The number of hydrogen-bond acceptors (Lipinski definition) is 0. The van der Waals surface area contributed by atoms with Crippen molar-refractivity contribution >= 4 is 0 Å². The highest BCUT2D eigenvalue weighted by molar-refractivity contribution is 5.48. The molecule has 0 aromatic heterocycles. The summed E-state index contributed by atoms with van der Waals surface area (Å²) in [6.45, 7) is 9.41. The smallest absolute Gasteiger partial charge is 0.0213 e. The van der Waals surface area contributed by atoms with E-state index >= 15 is 0 Å². The largest absolute Gasteiger partial charge is 0.0587 e. The fraction of sp³-hybridized carbons (Fsp3) is 0.684. The molecule has 0 amide bonds. The van der Waals surface area contributed by atoms with Gasteiger partial charge in [0.25, 0.3) is 0 Å². The van der Waals surface area contributed by atoms with Gasteiger partial charge in [0.05, 0.1) is 0 Å². The molecule has 1 aromatic carbocycles. The Hall–Kier alpha value is -0.780. The maximum absolute atomic E-state index is 2.42. The normalized spacial score (nSPS) is 20.7. The topological polar surface area (TPSA) is 0 Å². The van der Waals surface area contributed by atoms with E-state index in [1.807, 2.05) is 0 Å². The van der Waals surface area contributed by atoms with E-state index in [4.69, 9.17) is 0 Å². The molecule has 1 fully saturated rings. The first-order valence-electron chi connectivity index (χ1n) is 8.17. The second-order valence-electron chi connectivity index (χ2n) is 7.57. The molecule has 0 aliphatic heterocycles. The van der Waals surface area contributed by atoms with Gasteiger partial charge in [-0.05, 0) is 65.2 Å². The Morgan fingerprint density at radius 3 is 1.58 bits per heavy atom. The van der Waals surface area contributed by atoms with Gasteiger partial charge in [0.2, 0.25) is 0 Å². The molecule has 0 bridgehead atoms. The second kappa shape index (κ2) is 4.65. The summed E-state index contributed by atoms with van der Waals surface area (Å²) in [5.41, 5.74) is 7.38. The van der Waals surface area contributed by atoms with Crippen LogP contribution in [0.1, 0.15) is 87.5 Å². The minimum Gasteiger partial charge on any atom is -0.0587 e. The zero-order valence-corrected chi connectivity index (χ0v) is 13.1. The Bertz CT molecular complexity index is 434. The van der Waals surface area contributed by atoms with Crippen molar-refractivity contribution in [2.45, 2.75) is 78.1 Å². The van der Waals surface area contributed by atoms with Gasteiger partial charge in [-0.25, -0.2) is 0 Å². The maximum Gasteiger partial charge on any atom is -0.0213 e. The molecule has 0 unspecified atom stereocenters. The quantitative estimate of drug-likeness (QED) is 0.647. The molecule has 0 nitrogen and oxygen atoms in total. The predicted molar refractivity (Wildman–Crippen MR) is 82.9 cm³/mol. The lowest BCUT2D eigenvalue weighted by molar-refractivity contribution is 0.317. The van der Waals surface area contributed by atoms with E-state index in [0.717, 1.165) is 0 Å². The molecule has 0 heterocycles. The van der Waals surface area contributed by atoms with Gasteiger partial charge in [0.1, 0.15) is 0 Å². The van der Waals surface area contributed by atoms with Crippen LogP contribution in [0, 0.1) is 5.41 Å². The minimum absolute atomic E-state index is 0.650. The van der Waals surface area contributed by atoms with Crippen LogP contribution in [-0.4, -0.2) is 0 Å². The third-order valence-corrected chi connectivity index (χ3v) is 5.52. The van der Waals surface area contributed by atoms with Crippen LogP contribution in [-0.2, 0) is 12.8 Å². The first-order chi connectivity index (χ1) is 9.02. The van der Waals surface area contributed by atoms with E-state index in [-0.39, 0.29) is 0 Å². The maximum atomic E-state index is 2.42. The third kappa shape index (κ3) is 2.14. The van der Waals surface area contributed by atoms with Crippen molar-refractivity contribution in [2.24, 2.45) is 5.41 Å². The summed E-state index contributed by atoms with van der Waals surface area (Å²) >= 11 is 0. The summed E-state index contributed by atoms with van der Waals surface area (Å²) in [6, 6.07) is 4.85. The molecule has 0 saturated heterocycles. The average Bonchev–Trinajstić information content (AvgIpc) is 2.94. The van der Waals surface area contributed by atoms with Gasteiger partial charge in [0, 0.05) is 0 Å². The highest BCUT2D eigenvalue weighted by Crippen LogP contribution is 2.51. The lowest BCUT2D eigenvalue weighted by atomic mass is 9.82. The van der Waals surface area contributed by atoms with Crippen LogP contribution in [0.3, 0.4) is 0 Å². The van der Waals surface area contributed by atoms with E-state index < -0.39 is 0 Å². The predicted octanol–water partition coefficient (Wildman–Crippen LogP) is 5.59. The molecule has 0 radical (unpaired) electrons. The molecule has 1 aromatic rings. The average molecular weight is 256 g/mol. The molecular weight excluding hydrogens is 228 g/mol. The fourth-order valence-electron chi connectivity index (χ4n) is 4.52. The molecule has 104 valence electrons. The Morgan fingerprint density at radius 1 is 0.789 bits per heavy atom. The molecule has 0 heteroatoms. The van der Waals surface area contributed by atoms with Gasteiger partial charge < -0.3 is 0 Å². The third-order valence-electron chi connectivity index (χ3n) is 5.52. The van der Waals surface area contributed by atoms with E-state index in [1.54, 1.807) is 22.3 Å². The number of fused-ring (bicyclic) bond motifs is 1. The Kier molecular flexibility index (Phi) is 3.23. The number of benzene rings is 1. The van der Waals surface area contributed by atoms with Gasteiger partial charge in [-0.1, -0.05) is 52.7 Å². The van der Waals surface area contributed by atoms with Crippen LogP contribution in [0.5, 0.6) is 0 Å². The van der Waals surface area contributed by atoms with Crippen LogP contribution >= 0.6 is 0 Å². The highest BCUT2D eigenvalue weighted by atomic mass is 14.5. The van der Waals surface area contributed by atoms with Crippen molar-refractivity contribution in [3.05, 3.63) is 34.4 Å². The summed E-state index contributed by atoms with van der Waals surface area (Å²) in [5.74, 6) is 1.35. The second-order valence-corrected chi connectivity index (χ2v) is 7.57.